The Balaban J connectivity index is 1.71. The van der Waals surface area contributed by atoms with E-state index in [0.717, 1.165) is 5.56 Å². The summed E-state index contributed by atoms with van der Waals surface area (Å²) in [5.74, 6) is -0.139. The van der Waals surface area contributed by atoms with Gasteiger partial charge in [0.1, 0.15) is 11.6 Å². The van der Waals surface area contributed by atoms with E-state index in [1.807, 2.05) is 6.92 Å². The zero-order valence-electron chi connectivity index (χ0n) is 16.8. The summed E-state index contributed by atoms with van der Waals surface area (Å²) in [5, 5.41) is 12.0. The van der Waals surface area contributed by atoms with Gasteiger partial charge >= 0.3 is 0 Å². The van der Waals surface area contributed by atoms with Crippen molar-refractivity contribution in [1.82, 2.24) is 14.8 Å². The number of carbonyl (C=O) groups is 1. The maximum absolute atomic E-state index is 12.7. The van der Waals surface area contributed by atoms with Crippen molar-refractivity contribution in [3.05, 3.63) is 77.6 Å². The van der Waals surface area contributed by atoms with Crippen LogP contribution < -0.4 is 5.32 Å². The van der Waals surface area contributed by atoms with Gasteiger partial charge in [0.25, 0.3) is 0 Å². The molecule has 3 aromatic rings. The summed E-state index contributed by atoms with van der Waals surface area (Å²) in [6, 6.07) is 13.4. The third kappa shape index (κ3) is 5.96. The quantitative estimate of drug-likeness (QED) is 0.368. The molecule has 1 amide bonds. The highest BCUT2D eigenvalue weighted by Gasteiger charge is 2.21. The number of rotatable bonds is 9. The Labute approximate surface area is 190 Å². The number of carbonyl (C=O) groups excluding carboxylic acids is 1. The first-order chi connectivity index (χ1) is 14.8. The Kier molecular flexibility index (Phi) is 7.53. The topological polar surface area (TPSA) is 93.9 Å². The van der Waals surface area contributed by atoms with Gasteiger partial charge in [-0.15, -0.1) is 16.8 Å². The molecule has 1 N–H and O–H groups in total. The summed E-state index contributed by atoms with van der Waals surface area (Å²) >= 11 is 7.12. The minimum Gasteiger partial charge on any atom is -0.325 e. The number of anilines is 1. The predicted molar refractivity (Wildman–Crippen MR) is 123 cm³/mol. The maximum atomic E-state index is 12.7. The van der Waals surface area contributed by atoms with Crippen LogP contribution in [0.3, 0.4) is 0 Å². The first-order valence-electron chi connectivity index (χ1n) is 9.30. The molecule has 7 nitrogen and oxygen atoms in total. The van der Waals surface area contributed by atoms with Crippen molar-refractivity contribution in [1.29, 1.82) is 0 Å². The van der Waals surface area contributed by atoms with E-state index >= 15 is 0 Å². The van der Waals surface area contributed by atoms with Gasteiger partial charge in [-0.05, 0) is 42.8 Å². The van der Waals surface area contributed by atoms with Crippen LogP contribution in [0.5, 0.6) is 0 Å². The summed E-state index contributed by atoms with van der Waals surface area (Å²) < 4.78 is 27.1. The van der Waals surface area contributed by atoms with Gasteiger partial charge in [0.05, 0.1) is 10.6 Å². The number of nitrogens with zero attached hydrogens (tertiary/aromatic N) is 3. The number of allylic oxidation sites excluding steroid dienone is 1. The van der Waals surface area contributed by atoms with E-state index in [9.17, 15) is 13.2 Å². The summed E-state index contributed by atoms with van der Waals surface area (Å²) in [5.41, 5.74) is 1.53. The van der Waals surface area contributed by atoms with Crippen molar-refractivity contribution in [3.63, 3.8) is 0 Å². The first-order valence-corrected chi connectivity index (χ1v) is 12.3. The van der Waals surface area contributed by atoms with Crippen LogP contribution in [-0.4, -0.2) is 34.8 Å². The molecule has 1 aromatic heterocycles. The Hall–Kier alpha value is -2.62. The highest BCUT2D eigenvalue weighted by atomic mass is 35.5. The number of amides is 1. The second-order valence-electron chi connectivity index (χ2n) is 6.67. The van der Waals surface area contributed by atoms with Crippen molar-refractivity contribution in [2.45, 2.75) is 29.3 Å². The summed E-state index contributed by atoms with van der Waals surface area (Å²) in [6.45, 7) is 5.90. The molecule has 2 aromatic carbocycles. The van der Waals surface area contributed by atoms with Crippen LogP contribution in [0, 0.1) is 6.92 Å². The minimum absolute atomic E-state index is 0.0861. The SMILES string of the molecule is C=CCn1c(CS(=O)(=O)c2ccccc2)nnc1SCC(=O)Nc1ccc(Cl)cc1C. The molecule has 0 radical (unpaired) electrons. The molecule has 0 spiro atoms. The molecule has 3 rings (SSSR count). The second-order valence-corrected chi connectivity index (χ2v) is 10.0. The number of aromatic nitrogens is 3. The number of hydrogen-bond acceptors (Lipinski definition) is 6. The minimum atomic E-state index is -3.58. The number of benzene rings is 2. The zero-order valence-corrected chi connectivity index (χ0v) is 19.2. The molecule has 0 atom stereocenters. The largest absolute Gasteiger partial charge is 0.325 e. The summed E-state index contributed by atoms with van der Waals surface area (Å²) in [7, 11) is -3.58. The number of thioether (sulfide) groups is 1. The van der Waals surface area contributed by atoms with Crippen LogP contribution in [-0.2, 0) is 26.9 Å². The maximum Gasteiger partial charge on any atom is 0.234 e. The average molecular weight is 477 g/mol. The molecule has 0 saturated heterocycles. The molecule has 0 aliphatic rings. The van der Waals surface area contributed by atoms with Crippen LogP contribution in [0.1, 0.15) is 11.4 Å². The molecule has 31 heavy (non-hydrogen) atoms. The lowest BCUT2D eigenvalue weighted by molar-refractivity contribution is -0.113. The van der Waals surface area contributed by atoms with Gasteiger partial charge in [-0.2, -0.15) is 0 Å². The molecule has 1 heterocycles. The van der Waals surface area contributed by atoms with Crippen molar-refractivity contribution < 1.29 is 13.2 Å². The monoisotopic (exact) mass is 476 g/mol. The van der Waals surface area contributed by atoms with E-state index in [2.05, 4.69) is 22.1 Å². The third-order valence-electron chi connectivity index (χ3n) is 4.32. The van der Waals surface area contributed by atoms with Crippen LogP contribution in [0.25, 0.3) is 0 Å². The van der Waals surface area contributed by atoms with Gasteiger partial charge in [-0.25, -0.2) is 8.42 Å². The number of hydrogen-bond donors (Lipinski definition) is 1. The molecule has 0 aliphatic carbocycles. The fraction of sp³-hybridized carbons (Fsp3) is 0.190. The third-order valence-corrected chi connectivity index (χ3v) is 7.15. The lowest BCUT2D eigenvalue weighted by Crippen LogP contribution is -2.16. The normalized spacial score (nSPS) is 11.3. The van der Waals surface area contributed by atoms with E-state index in [4.69, 9.17) is 11.6 Å². The Morgan fingerprint density at radius 3 is 2.65 bits per heavy atom. The van der Waals surface area contributed by atoms with E-state index in [-0.39, 0.29) is 22.3 Å². The van der Waals surface area contributed by atoms with E-state index in [1.54, 1.807) is 59.2 Å². The highest BCUT2D eigenvalue weighted by molar-refractivity contribution is 7.99. The molecular weight excluding hydrogens is 456 g/mol. The van der Waals surface area contributed by atoms with Crippen molar-refractivity contribution >= 4 is 44.8 Å². The van der Waals surface area contributed by atoms with E-state index in [0.29, 0.717) is 28.2 Å². The van der Waals surface area contributed by atoms with Gasteiger partial charge in [-0.3, -0.25) is 4.79 Å². The Morgan fingerprint density at radius 2 is 1.97 bits per heavy atom. The molecule has 0 unspecified atom stereocenters. The lowest BCUT2D eigenvalue weighted by atomic mass is 10.2. The number of nitrogens with one attached hydrogen (secondary N) is 1. The summed E-state index contributed by atoms with van der Waals surface area (Å²) in [4.78, 5) is 12.6. The van der Waals surface area contributed by atoms with Gasteiger partial charge < -0.3 is 9.88 Å². The van der Waals surface area contributed by atoms with Crippen LogP contribution in [0.4, 0.5) is 5.69 Å². The van der Waals surface area contributed by atoms with Crippen LogP contribution in [0.2, 0.25) is 5.02 Å². The molecule has 162 valence electrons. The molecule has 0 aliphatic heterocycles. The van der Waals surface area contributed by atoms with Crippen molar-refractivity contribution in [2.24, 2.45) is 0 Å². The van der Waals surface area contributed by atoms with E-state index in [1.165, 1.54) is 11.8 Å². The van der Waals surface area contributed by atoms with Gasteiger partial charge in [0.2, 0.25) is 5.91 Å². The van der Waals surface area contributed by atoms with Gasteiger partial charge in [0, 0.05) is 17.3 Å². The standard InChI is InChI=1S/C21H21ClN4O3S2/c1-3-11-26-19(14-31(28,29)17-7-5-4-6-8-17)24-25-21(26)30-13-20(27)23-18-10-9-16(22)12-15(18)2/h3-10,12H,1,11,13-14H2,2H3,(H,23,27). The molecular formula is C21H21ClN4O3S2. The fourth-order valence-electron chi connectivity index (χ4n) is 2.81. The smallest absolute Gasteiger partial charge is 0.234 e. The van der Waals surface area contributed by atoms with Crippen molar-refractivity contribution in [3.8, 4) is 0 Å². The number of halogens is 1. The highest BCUT2D eigenvalue weighted by Crippen LogP contribution is 2.23. The predicted octanol–water partition coefficient (Wildman–Crippen LogP) is 4.13. The molecule has 0 fully saturated rings. The van der Waals surface area contributed by atoms with Crippen molar-refractivity contribution in [2.75, 3.05) is 11.1 Å². The zero-order chi connectivity index (χ0) is 22.4. The lowest BCUT2D eigenvalue weighted by Gasteiger charge is -2.10. The second kappa shape index (κ2) is 10.1. The Bertz CT molecular complexity index is 1190. The fourth-order valence-corrected chi connectivity index (χ4v) is 5.10. The number of aryl methyl sites for hydroxylation is 1. The van der Waals surface area contributed by atoms with Gasteiger partial charge in [-0.1, -0.05) is 47.6 Å². The first kappa shape index (κ1) is 23.1. The average Bonchev–Trinajstić information content (AvgIpc) is 3.10. The Morgan fingerprint density at radius 1 is 1.23 bits per heavy atom. The van der Waals surface area contributed by atoms with Gasteiger partial charge in [0.15, 0.2) is 15.0 Å². The van der Waals surface area contributed by atoms with Crippen LogP contribution >= 0.6 is 23.4 Å². The van der Waals surface area contributed by atoms with Crippen LogP contribution in [0.15, 0.2) is 71.2 Å². The number of sulfone groups is 1. The summed E-state index contributed by atoms with van der Waals surface area (Å²) in [6.07, 6.45) is 1.63. The van der Waals surface area contributed by atoms with E-state index < -0.39 is 9.84 Å². The molecule has 10 heteroatoms. The molecule has 0 saturated carbocycles. The molecule has 0 bridgehead atoms.